The Kier molecular flexibility index (Phi) is 5.05. The van der Waals surface area contributed by atoms with Crippen molar-refractivity contribution in [1.82, 2.24) is 5.32 Å². The van der Waals surface area contributed by atoms with E-state index in [0.717, 1.165) is 5.92 Å². The van der Waals surface area contributed by atoms with Crippen molar-refractivity contribution in [1.29, 1.82) is 0 Å². The van der Waals surface area contributed by atoms with Crippen LogP contribution in [0.2, 0.25) is 0 Å². The summed E-state index contributed by atoms with van der Waals surface area (Å²) in [6.45, 7) is 7.28. The predicted octanol–water partition coefficient (Wildman–Crippen LogP) is 4.47. The lowest BCUT2D eigenvalue weighted by Gasteiger charge is -2.42. The van der Waals surface area contributed by atoms with Crippen LogP contribution in [-0.4, -0.2) is 24.1 Å². The van der Waals surface area contributed by atoms with Gasteiger partial charge >= 0.3 is 0 Å². The van der Waals surface area contributed by atoms with Gasteiger partial charge in [0.05, 0.1) is 0 Å². The van der Waals surface area contributed by atoms with Gasteiger partial charge in [-0.1, -0.05) is 33.1 Å². The van der Waals surface area contributed by atoms with E-state index in [9.17, 15) is 0 Å². The minimum atomic E-state index is 0.595. The molecule has 0 bridgehead atoms. The third kappa shape index (κ3) is 3.45. The van der Waals surface area contributed by atoms with Gasteiger partial charge in [0, 0.05) is 17.8 Å². The summed E-state index contributed by atoms with van der Waals surface area (Å²) in [6.07, 6.45) is 13.9. The summed E-state index contributed by atoms with van der Waals surface area (Å²) in [5, 5.41) is 3.85. The fraction of sp³-hybridized carbons (Fsp3) is 1.00. The van der Waals surface area contributed by atoms with Crippen LogP contribution in [0.4, 0.5) is 0 Å². The fourth-order valence-corrected chi connectivity index (χ4v) is 4.97. The van der Waals surface area contributed by atoms with Gasteiger partial charge < -0.3 is 5.32 Å². The second kappa shape index (κ2) is 6.17. The lowest BCUT2D eigenvalue weighted by molar-refractivity contribution is 0.215. The Morgan fingerprint density at radius 3 is 2.11 bits per heavy atom. The molecule has 2 aliphatic rings. The Morgan fingerprint density at radius 2 is 1.67 bits per heavy atom. The SMILES string of the molecule is CSC1(CNCC2(CC(C)C)CCCC2)CCC1. The molecule has 0 aromatic rings. The Labute approximate surface area is 118 Å². The molecular weight excluding hydrogens is 238 g/mol. The van der Waals surface area contributed by atoms with E-state index in [-0.39, 0.29) is 0 Å². The molecule has 0 saturated heterocycles. The first-order valence-corrected chi connectivity index (χ1v) is 9.08. The van der Waals surface area contributed by atoms with Crippen LogP contribution in [0, 0.1) is 11.3 Å². The van der Waals surface area contributed by atoms with Crippen LogP contribution < -0.4 is 5.32 Å². The Bertz CT molecular complexity index is 246. The Balaban J connectivity index is 1.79. The number of nitrogens with one attached hydrogen (secondary N) is 1. The van der Waals surface area contributed by atoms with E-state index < -0.39 is 0 Å². The molecule has 2 heteroatoms. The summed E-state index contributed by atoms with van der Waals surface area (Å²) in [5.74, 6) is 0.850. The smallest absolute Gasteiger partial charge is 0.0281 e. The topological polar surface area (TPSA) is 12.0 Å². The maximum Gasteiger partial charge on any atom is 0.0281 e. The monoisotopic (exact) mass is 269 g/mol. The largest absolute Gasteiger partial charge is 0.315 e. The first-order valence-electron chi connectivity index (χ1n) is 7.86. The van der Waals surface area contributed by atoms with Crippen molar-refractivity contribution in [3.63, 3.8) is 0 Å². The quantitative estimate of drug-likeness (QED) is 0.732. The molecule has 0 atom stereocenters. The van der Waals surface area contributed by atoms with Gasteiger partial charge in [0.25, 0.3) is 0 Å². The first-order chi connectivity index (χ1) is 8.60. The number of hydrogen-bond donors (Lipinski definition) is 1. The summed E-state index contributed by atoms with van der Waals surface area (Å²) < 4.78 is 0.595. The van der Waals surface area contributed by atoms with Crippen LogP contribution in [0.3, 0.4) is 0 Å². The zero-order valence-corrected chi connectivity index (χ0v) is 13.4. The molecule has 2 saturated carbocycles. The highest BCUT2D eigenvalue weighted by molar-refractivity contribution is 8.00. The van der Waals surface area contributed by atoms with Crippen molar-refractivity contribution < 1.29 is 0 Å². The molecule has 0 aromatic carbocycles. The van der Waals surface area contributed by atoms with Gasteiger partial charge in [0.2, 0.25) is 0 Å². The number of rotatable bonds is 7. The zero-order valence-electron chi connectivity index (χ0n) is 12.6. The maximum atomic E-state index is 3.85. The van der Waals surface area contributed by atoms with E-state index in [1.165, 1.54) is 64.5 Å². The fourth-order valence-electron chi connectivity index (χ4n) is 4.02. The van der Waals surface area contributed by atoms with Gasteiger partial charge in [-0.25, -0.2) is 0 Å². The van der Waals surface area contributed by atoms with Crippen molar-refractivity contribution in [2.75, 3.05) is 19.3 Å². The zero-order chi connectivity index (χ0) is 13.1. The van der Waals surface area contributed by atoms with Gasteiger partial charge in [-0.2, -0.15) is 11.8 Å². The van der Waals surface area contributed by atoms with Crippen molar-refractivity contribution in [3.8, 4) is 0 Å². The highest BCUT2D eigenvalue weighted by Gasteiger charge is 2.38. The Hall–Kier alpha value is 0.310. The van der Waals surface area contributed by atoms with Gasteiger partial charge in [0.15, 0.2) is 0 Å². The molecular formula is C16H31NS. The number of hydrogen-bond acceptors (Lipinski definition) is 2. The molecule has 106 valence electrons. The van der Waals surface area contributed by atoms with Crippen LogP contribution in [0.25, 0.3) is 0 Å². The summed E-state index contributed by atoms with van der Waals surface area (Å²) in [5.41, 5.74) is 0.636. The lowest BCUT2D eigenvalue weighted by atomic mass is 9.78. The van der Waals surface area contributed by atoms with Crippen LogP contribution >= 0.6 is 11.8 Å². The molecule has 0 unspecified atom stereocenters. The second-order valence-electron chi connectivity index (χ2n) is 7.15. The van der Waals surface area contributed by atoms with Gasteiger partial charge in [0.1, 0.15) is 0 Å². The van der Waals surface area contributed by atoms with Crippen LogP contribution in [0.1, 0.15) is 65.2 Å². The molecule has 2 fully saturated rings. The molecule has 0 aliphatic heterocycles. The van der Waals surface area contributed by atoms with E-state index in [1.807, 2.05) is 0 Å². The third-order valence-corrected chi connectivity index (χ3v) is 6.57. The summed E-state index contributed by atoms with van der Waals surface area (Å²) in [7, 11) is 0. The molecule has 0 radical (unpaired) electrons. The van der Waals surface area contributed by atoms with E-state index in [0.29, 0.717) is 10.2 Å². The average Bonchev–Trinajstić information content (AvgIpc) is 2.70. The predicted molar refractivity (Wildman–Crippen MR) is 83.3 cm³/mol. The molecule has 1 N–H and O–H groups in total. The third-order valence-electron chi connectivity index (χ3n) is 5.15. The van der Waals surface area contributed by atoms with E-state index >= 15 is 0 Å². The maximum absolute atomic E-state index is 3.85. The molecule has 1 nitrogen and oxygen atoms in total. The van der Waals surface area contributed by atoms with E-state index in [4.69, 9.17) is 0 Å². The van der Waals surface area contributed by atoms with Crippen molar-refractivity contribution in [2.45, 2.75) is 70.0 Å². The normalized spacial score (nSPS) is 25.3. The lowest BCUT2D eigenvalue weighted by Crippen LogP contribution is -2.46. The molecule has 2 rings (SSSR count). The summed E-state index contributed by atoms with van der Waals surface area (Å²) >= 11 is 2.09. The van der Waals surface area contributed by atoms with Crippen LogP contribution in [0.15, 0.2) is 0 Å². The molecule has 0 heterocycles. The van der Waals surface area contributed by atoms with Crippen LogP contribution in [0.5, 0.6) is 0 Å². The van der Waals surface area contributed by atoms with Crippen molar-refractivity contribution >= 4 is 11.8 Å². The molecule has 2 aliphatic carbocycles. The van der Waals surface area contributed by atoms with Gasteiger partial charge in [-0.15, -0.1) is 0 Å². The minimum absolute atomic E-state index is 0.595. The van der Waals surface area contributed by atoms with Crippen molar-refractivity contribution in [3.05, 3.63) is 0 Å². The molecule has 0 aromatic heterocycles. The Morgan fingerprint density at radius 1 is 1.00 bits per heavy atom. The summed E-state index contributed by atoms with van der Waals surface area (Å²) in [4.78, 5) is 0. The average molecular weight is 269 g/mol. The standard InChI is InChI=1S/C16H31NS/c1-14(2)11-15(7-4-5-8-15)12-17-13-16(18-3)9-6-10-16/h14,17H,4-13H2,1-3H3. The molecule has 0 amide bonds. The highest BCUT2D eigenvalue weighted by Crippen LogP contribution is 2.44. The van der Waals surface area contributed by atoms with Crippen molar-refractivity contribution in [2.24, 2.45) is 11.3 Å². The second-order valence-corrected chi connectivity index (χ2v) is 8.42. The molecule has 0 spiro atoms. The van der Waals surface area contributed by atoms with Crippen LogP contribution in [-0.2, 0) is 0 Å². The first kappa shape index (κ1) is 14.7. The van der Waals surface area contributed by atoms with E-state index in [2.05, 4.69) is 37.2 Å². The van der Waals surface area contributed by atoms with Gasteiger partial charge in [-0.05, 0) is 49.7 Å². The van der Waals surface area contributed by atoms with Gasteiger partial charge in [-0.3, -0.25) is 0 Å². The highest BCUT2D eigenvalue weighted by atomic mass is 32.2. The molecule has 18 heavy (non-hydrogen) atoms. The number of thioether (sulfide) groups is 1. The minimum Gasteiger partial charge on any atom is -0.315 e. The summed E-state index contributed by atoms with van der Waals surface area (Å²) in [6, 6.07) is 0. The van der Waals surface area contributed by atoms with E-state index in [1.54, 1.807) is 0 Å².